The molecule has 3 nitrogen and oxygen atoms in total. The molecule has 1 aliphatic rings. The highest BCUT2D eigenvalue weighted by molar-refractivity contribution is 4.67. The van der Waals surface area contributed by atoms with Gasteiger partial charge in [-0.1, -0.05) is 0 Å². The number of hydrazine groups is 1. The summed E-state index contributed by atoms with van der Waals surface area (Å²) < 4.78 is 5.17. The van der Waals surface area contributed by atoms with E-state index in [1.54, 1.807) is 5.01 Å². The van der Waals surface area contributed by atoms with Crippen LogP contribution in [0, 0.1) is 0 Å². The SMILES string of the molecule is CN(N)C1CCOCC1. The Kier molecular flexibility index (Phi) is 2.45. The first-order valence-electron chi connectivity index (χ1n) is 3.36. The Bertz CT molecular complexity index is 79.1. The van der Waals surface area contributed by atoms with Gasteiger partial charge in [0.2, 0.25) is 0 Å². The van der Waals surface area contributed by atoms with Gasteiger partial charge < -0.3 is 4.74 Å². The molecule has 1 aliphatic heterocycles. The van der Waals surface area contributed by atoms with Crippen molar-refractivity contribution in [1.29, 1.82) is 0 Å². The molecule has 0 atom stereocenters. The topological polar surface area (TPSA) is 38.5 Å². The molecule has 9 heavy (non-hydrogen) atoms. The van der Waals surface area contributed by atoms with Crippen LogP contribution in [0.4, 0.5) is 0 Å². The van der Waals surface area contributed by atoms with Crippen LogP contribution >= 0.6 is 0 Å². The first-order chi connectivity index (χ1) is 4.30. The van der Waals surface area contributed by atoms with Crippen LogP contribution in [-0.2, 0) is 4.74 Å². The van der Waals surface area contributed by atoms with E-state index in [0.717, 1.165) is 26.1 Å². The summed E-state index contributed by atoms with van der Waals surface area (Å²) in [5, 5.41) is 1.78. The van der Waals surface area contributed by atoms with Crippen molar-refractivity contribution in [2.75, 3.05) is 20.3 Å². The van der Waals surface area contributed by atoms with E-state index in [0.29, 0.717) is 6.04 Å². The summed E-state index contributed by atoms with van der Waals surface area (Å²) in [5.74, 6) is 5.54. The zero-order valence-corrected chi connectivity index (χ0v) is 5.84. The number of hydrogen-bond donors (Lipinski definition) is 1. The largest absolute Gasteiger partial charge is 0.381 e. The summed E-state index contributed by atoms with van der Waals surface area (Å²) in [4.78, 5) is 0. The van der Waals surface area contributed by atoms with E-state index < -0.39 is 0 Å². The van der Waals surface area contributed by atoms with E-state index in [4.69, 9.17) is 10.6 Å². The van der Waals surface area contributed by atoms with Gasteiger partial charge in [-0.25, -0.2) is 5.01 Å². The zero-order chi connectivity index (χ0) is 6.69. The molecule has 54 valence electrons. The van der Waals surface area contributed by atoms with Crippen LogP contribution < -0.4 is 5.84 Å². The lowest BCUT2D eigenvalue weighted by atomic mass is 10.1. The molecule has 0 spiro atoms. The predicted molar refractivity (Wildman–Crippen MR) is 35.8 cm³/mol. The molecule has 0 aromatic rings. The van der Waals surface area contributed by atoms with Crippen molar-refractivity contribution in [1.82, 2.24) is 5.01 Å². The third kappa shape index (κ3) is 1.93. The van der Waals surface area contributed by atoms with Gasteiger partial charge in [-0.3, -0.25) is 5.84 Å². The third-order valence-electron chi connectivity index (χ3n) is 1.77. The van der Waals surface area contributed by atoms with Crippen molar-refractivity contribution in [3.05, 3.63) is 0 Å². The van der Waals surface area contributed by atoms with Gasteiger partial charge in [-0.2, -0.15) is 0 Å². The van der Waals surface area contributed by atoms with Gasteiger partial charge in [0.25, 0.3) is 0 Å². The van der Waals surface area contributed by atoms with Crippen LogP contribution in [0.1, 0.15) is 12.8 Å². The minimum absolute atomic E-state index is 0.541. The molecule has 0 aliphatic carbocycles. The molecule has 0 amide bonds. The molecule has 1 rings (SSSR count). The minimum Gasteiger partial charge on any atom is -0.381 e. The molecule has 1 saturated heterocycles. The van der Waals surface area contributed by atoms with Crippen molar-refractivity contribution < 1.29 is 4.74 Å². The van der Waals surface area contributed by atoms with E-state index in [1.165, 1.54) is 0 Å². The second kappa shape index (κ2) is 3.15. The average Bonchev–Trinajstić information content (AvgIpc) is 1.90. The second-order valence-electron chi connectivity index (χ2n) is 2.51. The molecule has 1 fully saturated rings. The molecular weight excluding hydrogens is 116 g/mol. The average molecular weight is 130 g/mol. The number of nitrogens with zero attached hydrogens (tertiary/aromatic N) is 1. The highest BCUT2D eigenvalue weighted by Gasteiger charge is 2.14. The molecule has 0 unspecified atom stereocenters. The lowest BCUT2D eigenvalue weighted by Gasteiger charge is -2.27. The molecule has 1 heterocycles. The summed E-state index contributed by atoms with van der Waals surface area (Å²) in [6, 6.07) is 0.541. The van der Waals surface area contributed by atoms with Gasteiger partial charge >= 0.3 is 0 Å². The minimum atomic E-state index is 0.541. The zero-order valence-electron chi connectivity index (χ0n) is 5.84. The predicted octanol–water partition coefficient (Wildman–Crippen LogP) is -0.0291. The van der Waals surface area contributed by atoms with E-state index in [-0.39, 0.29) is 0 Å². The maximum Gasteiger partial charge on any atom is 0.0481 e. The Labute approximate surface area is 55.7 Å². The number of rotatable bonds is 1. The highest BCUT2D eigenvalue weighted by Crippen LogP contribution is 2.08. The maximum atomic E-state index is 5.54. The van der Waals surface area contributed by atoms with Gasteiger partial charge in [0.1, 0.15) is 0 Å². The molecule has 0 aromatic carbocycles. The quantitative estimate of drug-likeness (QED) is 0.400. The Hall–Kier alpha value is -0.120. The summed E-state index contributed by atoms with van der Waals surface area (Å²) in [6.07, 6.45) is 2.15. The molecule has 3 heteroatoms. The Morgan fingerprint density at radius 1 is 1.44 bits per heavy atom. The highest BCUT2D eigenvalue weighted by atomic mass is 16.5. The first-order valence-corrected chi connectivity index (χ1v) is 3.36. The van der Waals surface area contributed by atoms with E-state index >= 15 is 0 Å². The molecule has 0 bridgehead atoms. The maximum absolute atomic E-state index is 5.54. The van der Waals surface area contributed by atoms with Crippen LogP contribution in [0.25, 0.3) is 0 Å². The molecular formula is C6H14N2O. The Morgan fingerprint density at radius 3 is 2.33 bits per heavy atom. The second-order valence-corrected chi connectivity index (χ2v) is 2.51. The van der Waals surface area contributed by atoms with Gasteiger partial charge in [-0.15, -0.1) is 0 Å². The number of nitrogens with two attached hydrogens (primary N) is 1. The summed E-state index contributed by atoms with van der Waals surface area (Å²) >= 11 is 0. The molecule has 0 saturated carbocycles. The lowest BCUT2D eigenvalue weighted by Crippen LogP contribution is -2.41. The third-order valence-corrected chi connectivity index (χ3v) is 1.77. The van der Waals surface area contributed by atoms with Gasteiger partial charge in [0, 0.05) is 26.3 Å². The van der Waals surface area contributed by atoms with Crippen molar-refractivity contribution >= 4 is 0 Å². The molecule has 0 radical (unpaired) electrons. The fourth-order valence-corrected chi connectivity index (χ4v) is 1.09. The van der Waals surface area contributed by atoms with Gasteiger partial charge in [-0.05, 0) is 12.8 Å². The standard InChI is InChI=1S/C6H14N2O/c1-8(7)6-2-4-9-5-3-6/h6H,2-5,7H2,1H3. The first kappa shape index (κ1) is 6.99. The summed E-state index contributed by atoms with van der Waals surface area (Å²) in [6.45, 7) is 1.73. The van der Waals surface area contributed by atoms with Crippen molar-refractivity contribution in [3.8, 4) is 0 Å². The normalized spacial score (nSPS) is 23.0. The van der Waals surface area contributed by atoms with Crippen LogP contribution in [0.15, 0.2) is 0 Å². The summed E-state index contributed by atoms with van der Waals surface area (Å²) in [7, 11) is 1.91. The fraction of sp³-hybridized carbons (Fsp3) is 1.00. The van der Waals surface area contributed by atoms with Crippen LogP contribution in [-0.4, -0.2) is 31.3 Å². The fourth-order valence-electron chi connectivity index (χ4n) is 1.09. The van der Waals surface area contributed by atoms with E-state index in [1.807, 2.05) is 7.05 Å². The lowest BCUT2D eigenvalue weighted by molar-refractivity contribution is 0.0430. The smallest absolute Gasteiger partial charge is 0.0481 e. The Balaban J connectivity index is 2.23. The molecule has 0 aromatic heterocycles. The van der Waals surface area contributed by atoms with Crippen molar-refractivity contribution in [2.24, 2.45) is 5.84 Å². The number of ether oxygens (including phenoxy) is 1. The van der Waals surface area contributed by atoms with Crippen LogP contribution in [0.2, 0.25) is 0 Å². The summed E-state index contributed by atoms with van der Waals surface area (Å²) in [5.41, 5.74) is 0. The van der Waals surface area contributed by atoms with Crippen molar-refractivity contribution in [3.63, 3.8) is 0 Å². The van der Waals surface area contributed by atoms with Crippen LogP contribution in [0.5, 0.6) is 0 Å². The van der Waals surface area contributed by atoms with Gasteiger partial charge in [0.05, 0.1) is 0 Å². The van der Waals surface area contributed by atoms with Gasteiger partial charge in [0.15, 0.2) is 0 Å². The monoisotopic (exact) mass is 130 g/mol. The van der Waals surface area contributed by atoms with Crippen molar-refractivity contribution in [2.45, 2.75) is 18.9 Å². The van der Waals surface area contributed by atoms with Crippen LogP contribution in [0.3, 0.4) is 0 Å². The Morgan fingerprint density at radius 2 is 2.00 bits per heavy atom. The molecule has 2 N–H and O–H groups in total. The van der Waals surface area contributed by atoms with E-state index in [9.17, 15) is 0 Å². The van der Waals surface area contributed by atoms with E-state index in [2.05, 4.69) is 0 Å². The number of hydrogen-bond acceptors (Lipinski definition) is 3.